The maximum atomic E-state index is 12.1. The van der Waals surface area contributed by atoms with E-state index < -0.39 is 0 Å². The average Bonchev–Trinajstić information content (AvgIpc) is 2.59. The smallest absolute Gasteiger partial charge is 0.225 e. The first-order chi connectivity index (χ1) is 11.2. The Bertz CT molecular complexity index is 725. The highest BCUT2D eigenvalue weighted by atomic mass is 16.5. The lowest BCUT2D eigenvalue weighted by atomic mass is 9.84. The number of anilines is 1. The van der Waals surface area contributed by atoms with Crippen LogP contribution in [-0.2, 0) is 4.79 Å². The van der Waals surface area contributed by atoms with Crippen LogP contribution >= 0.6 is 0 Å². The largest absolute Gasteiger partial charge is 0.497 e. The molecule has 0 spiro atoms. The number of fused-ring (bicyclic) bond motifs is 1. The summed E-state index contributed by atoms with van der Waals surface area (Å²) in [6.45, 7) is 0. The Kier molecular flexibility index (Phi) is 4.10. The summed E-state index contributed by atoms with van der Waals surface area (Å²) in [5.74, 6) is 2.06. The minimum absolute atomic E-state index is 0.0198. The number of carbonyl (C=O) groups is 1. The highest BCUT2D eigenvalue weighted by Crippen LogP contribution is 2.44. The monoisotopic (exact) mass is 313 g/mol. The van der Waals surface area contributed by atoms with Gasteiger partial charge in [0.05, 0.1) is 27.0 Å². The molecule has 0 aliphatic carbocycles. The van der Waals surface area contributed by atoms with Gasteiger partial charge in [-0.25, -0.2) is 0 Å². The third-order valence-corrected chi connectivity index (χ3v) is 4.10. The second-order valence-corrected chi connectivity index (χ2v) is 5.37. The van der Waals surface area contributed by atoms with E-state index in [1.165, 1.54) is 0 Å². The maximum absolute atomic E-state index is 12.1. The van der Waals surface area contributed by atoms with Crippen molar-refractivity contribution in [2.75, 3.05) is 26.6 Å². The number of ether oxygens (including phenoxy) is 3. The van der Waals surface area contributed by atoms with Gasteiger partial charge in [0, 0.05) is 30.0 Å². The van der Waals surface area contributed by atoms with Crippen LogP contribution in [0.15, 0.2) is 36.4 Å². The fraction of sp³-hybridized carbons (Fsp3) is 0.278. The summed E-state index contributed by atoms with van der Waals surface area (Å²) in [5, 5.41) is 2.91. The Balaban J connectivity index is 2.11. The van der Waals surface area contributed by atoms with Crippen LogP contribution in [0.1, 0.15) is 23.5 Å². The molecule has 1 atom stereocenters. The first-order valence-corrected chi connectivity index (χ1v) is 7.36. The molecule has 5 nitrogen and oxygen atoms in total. The van der Waals surface area contributed by atoms with Crippen LogP contribution < -0.4 is 19.5 Å². The van der Waals surface area contributed by atoms with Crippen molar-refractivity contribution < 1.29 is 19.0 Å². The molecule has 1 heterocycles. The molecule has 1 amide bonds. The molecule has 1 aliphatic rings. The summed E-state index contributed by atoms with van der Waals surface area (Å²) in [6, 6.07) is 11.4. The van der Waals surface area contributed by atoms with Crippen molar-refractivity contribution in [3.8, 4) is 17.2 Å². The first kappa shape index (κ1) is 15.2. The molecule has 1 N–H and O–H groups in total. The van der Waals surface area contributed by atoms with Gasteiger partial charge in [-0.3, -0.25) is 4.79 Å². The summed E-state index contributed by atoms with van der Waals surface area (Å²) in [7, 11) is 4.84. The van der Waals surface area contributed by atoms with Crippen molar-refractivity contribution in [1.82, 2.24) is 0 Å². The SMILES string of the molecule is COc1ccc([C@@H]2CC(=O)Nc3cc(OC)cc(OC)c32)cc1. The molecule has 0 bridgehead atoms. The van der Waals surface area contributed by atoms with E-state index in [2.05, 4.69) is 5.32 Å². The molecular weight excluding hydrogens is 294 g/mol. The molecule has 0 radical (unpaired) electrons. The third kappa shape index (κ3) is 2.82. The van der Waals surface area contributed by atoms with Crippen molar-refractivity contribution in [3.05, 3.63) is 47.5 Å². The summed E-state index contributed by atoms with van der Waals surface area (Å²) >= 11 is 0. The second kappa shape index (κ2) is 6.20. The quantitative estimate of drug-likeness (QED) is 0.942. The first-order valence-electron chi connectivity index (χ1n) is 7.36. The normalized spacial score (nSPS) is 16.3. The second-order valence-electron chi connectivity index (χ2n) is 5.37. The van der Waals surface area contributed by atoms with Gasteiger partial charge in [0.15, 0.2) is 0 Å². The lowest BCUT2D eigenvalue weighted by Gasteiger charge is -2.28. The van der Waals surface area contributed by atoms with Gasteiger partial charge >= 0.3 is 0 Å². The van der Waals surface area contributed by atoms with Crippen molar-refractivity contribution >= 4 is 11.6 Å². The highest BCUT2D eigenvalue weighted by Gasteiger charge is 2.30. The molecule has 0 aromatic heterocycles. The number of nitrogens with one attached hydrogen (secondary N) is 1. The molecule has 120 valence electrons. The fourth-order valence-corrected chi connectivity index (χ4v) is 2.96. The predicted octanol–water partition coefficient (Wildman–Crippen LogP) is 3.19. The molecule has 0 saturated heterocycles. The molecule has 0 fully saturated rings. The van der Waals surface area contributed by atoms with Gasteiger partial charge in [-0.1, -0.05) is 12.1 Å². The zero-order valence-corrected chi connectivity index (χ0v) is 13.4. The van der Waals surface area contributed by atoms with Crippen LogP contribution in [0.4, 0.5) is 5.69 Å². The highest BCUT2D eigenvalue weighted by molar-refractivity contribution is 5.96. The number of rotatable bonds is 4. The van der Waals surface area contributed by atoms with Crippen LogP contribution in [0.3, 0.4) is 0 Å². The Morgan fingerprint density at radius 2 is 1.65 bits per heavy atom. The van der Waals surface area contributed by atoms with E-state index in [1.807, 2.05) is 36.4 Å². The number of hydrogen-bond donors (Lipinski definition) is 1. The molecule has 23 heavy (non-hydrogen) atoms. The van der Waals surface area contributed by atoms with Crippen LogP contribution in [-0.4, -0.2) is 27.2 Å². The summed E-state index contributed by atoms with van der Waals surface area (Å²) in [6.07, 6.45) is 0.377. The minimum Gasteiger partial charge on any atom is -0.497 e. The lowest BCUT2D eigenvalue weighted by Crippen LogP contribution is -2.24. The van der Waals surface area contributed by atoms with E-state index >= 15 is 0 Å². The van der Waals surface area contributed by atoms with Crippen molar-refractivity contribution in [2.24, 2.45) is 0 Å². The van der Waals surface area contributed by atoms with E-state index in [0.717, 1.165) is 22.6 Å². The van der Waals surface area contributed by atoms with Gasteiger partial charge in [0.1, 0.15) is 17.2 Å². The maximum Gasteiger partial charge on any atom is 0.225 e. The van der Waals surface area contributed by atoms with Gasteiger partial charge in [-0.05, 0) is 17.7 Å². The Morgan fingerprint density at radius 1 is 0.957 bits per heavy atom. The Labute approximate surface area is 135 Å². The number of carbonyl (C=O) groups excluding carboxylic acids is 1. The number of amides is 1. The zero-order valence-electron chi connectivity index (χ0n) is 13.4. The van der Waals surface area contributed by atoms with Crippen molar-refractivity contribution in [2.45, 2.75) is 12.3 Å². The van der Waals surface area contributed by atoms with Gasteiger partial charge in [-0.2, -0.15) is 0 Å². The number of benzene rings is 2. The molecular formula is C18H19NO4. The molecule has 2 aromatic rings. The van der Waals surface area contributed by atoms with Crippen LogP contribution in [0.5, 0.6) is 17.2 Å². The van der Waals surface area contributed by atoms with E-state index in [9.17, 15) is 4.79 Å². The lowest BCUT2D eigenvalue weighted by molar-refractivity contribution is -0.116. The van der Waals surface area contributed by atoms with Crippen molar-refractivity contribution in [1.29, 1.82) is 0 Å². The fourth-order valence-electron chi connectivity index (χ4n) is 2.96. The summed E-state index contributed by atoms with van der Waals surface area (Å²) < 4.78 is 16.0. The van der Waals surface area contributed by atoms with Gasteiger partial charge in [-0.15, -0.1) is 0 Å². The summed E-state index contributed by atoms with van der Waals surface area (Å²) in [5.41, 5.74) is 2.75. The number of methoxy groups -OCH3 is 3. The van der Waals surface area contributed by atoms with Gasteiger partial charge < -0.3 is 19.5 Å². The van der Waals surface area contributed by atoms with Crippen LogP contribution in [0.25, 0.3) is 0 Å². The molecule has 0 unspecified atom stereocenters. The Hall–Kier alpha value is -2.69. The molecule has 2 aromatic carbocycles. The molecule has 5 heteroatoms. The zero-order chi connectivity index (χ0) is 16.4. The molecule has 0 saturated carbocycles. The number of hydrogen-bond acceptors (Lipinski definition) is 4. The topological polar surface area (TPSA) is 56.8 Å². The minimum atomic E-state index is -0.0643. The summed E-state index contributed by atoms with van der Waals surface area (Å²) in [4.78, 5) is 12.1. The van der Waals surface area contributed by atoms with E-state index in [0.29, 0.717) is 17.9 Å². The van der Waals surface area contributed by atoms with Gasteiger partial charge in [0.2, 0.25) is 5.91 Å². The van der Waals surface area contributed by atoms with E-state index in [4.69, 9.17) is 14.2 Å². The van der Waals surface area contributed by atoms with Crippen LogP contribution in [0.2, 0.25) is 0 Å². The average molecular weight is 313 g/mol. The predicted molar refractivity (Wildman–Crippen MR) is 87.6 cm³/mol. The molecule has 3 rings (SSSR count). The molecule has 1 aliphatic heterocycles. The van der Waals surface area contributed by atoms with E-state index in [-0.39, 0.29) is 11.8 Å². The van der Waals surface area contributed by atoms with Gasteiger partial charge in [0.25, 0.3) is 0 Å². The van der Waals surface area contributed by atoms with E-state index in [1.54, 1.807) is 21.3 Å². The third-order valence-electron chi connectivity index (χ3n) is 4.10. The van der Waals surface area contributed by atoms with Crippen molar-refractivity contribution in [3.63, 3.8) is 0 Å². The standard InChI is InChI=1S/C18H19NO4/c1-21-12-6-4-11(5-7-12)14-10-17(20)19-15-8-13(22-2)9-16(23-3)18(14)15/h4-9,14H,10H2,1-3H3,(H,19,20)/t14-/m0/s1. The van der Waals surface area contributed by atoms with Crippen LogP contribution in [0, 0.1) is 0 Å². The Morgan fingerprint density at radius 3 is 2.26 bits per heavy atom.